The number of carbonyl (C=O) groups is 1. The summed E-state index contributed by atoms with van der Waals surface area (Å²) in [4.78, 5) is 14.5. The van der Waals surface area contributed by atoms with Crippen LogP contribution in [0.25, 0.3) is 17.1 Å². The molecule has 0 aliphatic rings. The number of benzene rings is 3. The van der Waals surface area contributed by atoms with Gasteiger partial charge in [-0.25, -0.2) is 0 Å². The van der Waals surface area contributed by atoms with Crippen molar-refractivity contribution in [1.29, 1.82) is 0 Å². The highest BCUT2D eigenvalue weighted by Gasteiger charge is 2.18. The van der Waals surface area contributed by atoms with Crippen LogP contribution in [0.1, 0.15) is 0 Å². The summed E-state index contributed by atoms with van der Waals surface area (Å²) < 4.78 is 1.98. The summed E-state index contributed by atoms with van der Waals surface area (Å²) in [7, 11) is 4.00. The van der Waals surface area contributed by atoms with E-state index in [9.17, 15) is 4.79 Å². The second kappa shape index (κ2) is 9.89. The molecule has 6 nitrogen and oxygen atoms in total. The molecule has 1 heterocycles. The highest BCUT2D eigenvalue weighted by atomic mass is 35.5. The summed E-state index contributed by atoms with van der Waals surface area (Å²) in [6.45, 7) is 0. The number of amides is 1. The van der Waals surface area contributed by atoms with Crippen molar-refractivity contribution in [2.45, 2.75) is 5.16 Å². The Kier molecular flexibility index (Phi) is 6.78. The van der Waals surface area contributed by atoms with Crippen molar-refractivity contribution in [2.75, 3.05) is 30.1 Å². The van der Waals surface area contributed by atoms with Gasteiger partial charge in [0, 0.05) is 41.7 Å². The van der Waals surface area contributed by atoms with E-state index in [0.717, 1.165) is 22.8 Å². The smallest absolute Gasteiger partial charge is 0.234 e. The molecule has 1 aromatic heterocycles. The van der Waals surface area contributed by atoms with Crippen LogP contribution >= 0.6 is 23.4 Å². The van der Waals surface area contributed by atoms with Crippen LogP contribution < -0.4 is 10.2 Å². The number of carbonyl (C=O) groups excluding carboxylic acids is 1. The monoisotopic (exact) mass is 463 g/mol. The van der Waals surface area contributed by atoms with Crippen molar-refractivity contribution in [3.8, 4) is 17.1 Å². The zero-order valence-electron chi connectivity index (χ0n) is 17.7. The van der Waals surface area contributed by atoms with Crippen LogP contribution in [0.3, 0.4) is 0 Å². The number of hydrogen-bond acceptors (Lipinski definition) is 5. The molecule has 1 amide bonds. The van der Waals surface area contributed by atoms with Crippen molar-refractivity contribution in [2.24, 2.45) is 0 Å². The normalized spacial score (nSPS) is 10.7. The highest BCUT2D eigenvalue weighted by molar-refractivity contribution is 7.99. The first-order chi connectivity index (χ1) is 15.5. The van der Waals surface area contributed by atoms with E-state index in [2.05, 4.69) is 21.6 Å². The Morgan fingerprint density at radius 2 is 1.78 bits per heavy atom. The molecular formula is C24H22ClN5OS. The summed E-state index contributed by atoms with van der Waals surface area (Å²) in [6, 6.07) is 25.1. The molecule has 4 aromatic rings. The van der Waals surface area contributed by atoms with Gasteiger partial charge in [-0.3, -0.25) is 9.36 Å². The number of rotatable bonds is 7. The first-order valence-corrected chi connectivity index (χ1v) is 11.3. The van der Waals surface area contributed by atoms with Crippen molar-refractivity contribution < 1.29 is 4.79 Å². The van der Waals surface area contributed by atoms with Gasteiger partial charge in [0.05, 0.1) is 5.75 Å². The van der Waals surface area contributed by atoms with Gasteiger partial charge < -0.3 is 10.2 Å². The number of hydrogen-bond donors (Lipinski definition) is 1. The quantitative estimate of drug-likeness (QED) is 0.372. The van der Waals surface area contributed by atoms with Gasteiger partial charge in [-0.1, -0.05) is 59.8 Å². The molecule has 1 N–H and O–H groups in total. The van der Waals surface area contributed by atoms with E-state index in [-0.39, 0.29) is 11.7 Å². The van der Waals surface area contributed by atoms with Gasteiger partial charge in [-0.05, 0) is 42.5 Å². The fourth-order valence-corrected chi connectivity index (χ4v) is 4.12. The fraction of sp³-hybridized carbons (Fsp3) is 0.125. The van der Waals surface area contributed by atoms with Gasteiger partial charge in [0.1, 0.15) is 0 Å². The molecular weight excluding hydrogens is 442 g/mol. The van der Waals surface area contributed by atoms with Gasteiger partial charge >= 0.3 is 0 Å². The summed E-state index contributed by atoms with van der Waals surface area (Å²) in [5.74, 6) is 0.767. The third-order valence-electron chi connectivity index (χ3n) is 4.71. The molecule has 3 aromatic carbocycles. The standard InChI is InChI=1S/C24H22ClN5OS/c1-29(2)21-13-6-8-17(14-21)23-27-28-24(30(23)20-11-4-3-5-12-20)32-16-22(31)26-19-10-7-9-18(25)15-19/h3-15H,16H2,1-2H3,(H,26,31). The summed E-state index contributed by atoms with van der Waals surface area (Å²) >= 11 is 7.33. The first-order valence-electron chi connectivity index (χ1n) is 9.98. The maximum atomic E-state index is 12.5. The number of para-hydroxylation sites is 1. The molecule has 0 radical (unpaired) electrons. The topological polar surface area (TPSA) is 63.1 Å². The molecule has 0 unspecified atom stereocenters. The van der Waals surface area contributed by atoms with Gasteiger partial charge in [-0.15, -0.1) is 10.2 Å². The second-order valence-corrected chi connectivity index (χ2v) is 8.65. The maximum Gasteiger partial charge on any atom is 0.234 e. The van der Waals surface area contributed by atoms with Crippen LogP contribution in [-0.2, 0) is 4.79 Å². The Morgan fingerprint density at radius 3 is 2.53 bits per heavy atom. The Bertz CT molecular complexity index is 1230. The molecule has 0 saturated heterocycles. The van der Waals surface area contributed by atoms with Gasteiger partial charge in [0.15, 0.2) is 11.0 Å². The lowest BCUT2D eigenvalue weighted by Crippen LogP contribution is -2.14. The highest BCUT2D eigenvalue weighted by Crippen LogP contribution is 2.29. The van der Waals surface area contributed by atoms with E-state index >= 15 is 0 Å². The number of nitrogens with zero attached hydrogens (tertiary/aromatic N) is 4. The van der Waals surface area contributed by atoms with Crippen LogP contribution in [0.15, 0.2) is 84.0 Å². The molecule has 4 rings (SSSR count). The Labute approximate surface area is 196 Å². The zero-order valence-corrected chi connectivity index (χ0v) is 19.3. The number of anilines is 2. The minimum atomic E-state index is -0.143. The van der Waals surface area contributed by atoms with Crippen LogP contribution in [0.2, 0.25) is 5.02 Å². The zero-order chi connectivity index (χ0) is 22.5. The van der Waals surface area contributed by atoms with Crippen molar-refractivity contribution in [1.82, 2.24) is 14.8 Å². The lowest BCUT2D eigenvalue weighted by Gasteiger charge is -2.14. The summed E-state index contributed by atoms with van der Waals surface area (Å²) in [5.41, 5.74) is 3.61. The Hall–Kier alpha value is -3.29. The predicted molar refractivity (Wildman–Crippen MR) is 132 cm³/mol. The number of aromatic nitrogens is 3. The Morgan fingerprint density at radius 1 is 1.00 bits per heavy atom. The molecule has 0 saturated carbocycles. The van der Waals surface area contributed by atoms with Crippen molar-refractivity contribution in [3.05, 3.63) is 83.9 Å². The maximum absolute atomic E-state index is 12.5. The number of nitrogens with one attached hydrogen (secondary N) is 1. The van der Waals surface area contributed by atoms with Crippen molar-refractivity contribution >= 4 is 40.6 Å². The lowest BCUT2D eigenvalue weighted by atomic mass is 10.1. The Balaban J connectivity index is 1.61. The minimum Gasteiger partial charge on any atom is -0.378 e. The fourth-order valence-electron chi connectivity index (χ4n) is 3.18. The molecule has 0 atom stereocenters. The summed E-state index contributed by atoms with van der Waals surface area (Å²) in [5, 5.41) is 12.9. The van der Waals surface area contributed by atoms with E-state index in [0.29, 0.717) is 15.9 Å². The van der Waals surface area contributed by atoms with E-state index in [1.807, 2.05) is 72.1 Å². The van der Waals surface area contributed by atoms with Crippen LogP contribution in [0, 0.1) is 0 Å². The molecule has 32 heavy (non-hydrogen) atoms. The van der Waals surface area contributed by atoms with E-state index in [4.69, 9.17) is 11.6 Å². The third-order valence-corrected chi connectivity index (χ3v) is 5.87. The van der Waals surface area contributed by atoms with Crippen LogP contribution in [0.5, 0.6) is 0 Å². The number of thioether (sulfide) groups is 1. The summed E-state index contributed by atoms with van der Waals surface area (Å²) in [6.07, 6.45) is 0. The van der Waals surface area contributed by atoms with Gasteiger partial charge in [0.2, 0.25) is 5.91 Å². The number of halogens is 1. The molecule has 0 bridgehead atoms. The third kappa shape index (κ3) is 5.12. The first kappa shape index (κ1) is 21.9. The molecule has 162 valence electrons. The van der Waals surface area contributed by atoms with E-state index < -0.39 is 0 Å². The van der Waals surface area contributed by atoms with Crippen molar-refractivity contribution in [3.63, 3.8) is 0 Å². The minimum absolute atomic E-state index is 0.143. The molecule has 0 spiro atoms. The largest absolute Gasteiger partial charge is 0.378 e. The predicted octanol–water partition coefficient (Wildman–Crippen LogP) is 5.38. The van der Waals surface area contributed by atoms with Gasteiger partial charge in [-0.2, -0.15) is 0 Å². The van der Waals surface area contributed by atoms with Crippen LogP contribution in [0.4, 0.5) is 11.4 Å². The molecule has 0 aliphatic carbocycles. The SMILES string of the molecule is CN(C)c1cccc(-c2nnc(SCC(=O)Nc3cccc(Cl)c3)n2-c2ccccc2)c1. The van der Waals surface area contributed by atoms with E-state index in [1.54, 1.807) is 24.3 Å². The lowest BCUT2D eigenvalue weighted by molar-refractivity contribution is -0.113. The van der Waals surface area contributed by atoms with E-state index in [1.165, 1.54) is 11.8 Å². The average Bonchev–Trinajstić information content (AvgIpc) is 3.22. The van der Waals surface area contributed by atoms with Gasteiger partial charge in [0.25, 0.3) is 0 Å². The molecule has 0 fully saturated rings. The average molecular weight is 464 g/mol. The second-order valence-electron chi connectivity index (χ2n) is 7.27. The molecule has 0 aliphatic heterocycles. The van der Waals surface area contributed by atoms with Crippen LogP contribution in [-0.4, -0.2) is 40.5 Å². The molecule has 8 heteroatoms.